The Bertz CT molecular complexity index is 814. The van der Waals surface area contributed by atoms with Crippen LogP contribution >= 0.6 is 0 Å². The lowest BCUT2D eigenvalue weighted by atomic mass is 9.48. The molecule has 4 rings (SSSR count). The van der Waals surface area contributed by atoms with Crippen molar-refractivity contribution < 1.29 is 14.3 Å². The van der Waals surface area contributed by atoms with Gasteiger partial charge in [-0.1, -0.05) is 109 Å². The molecule has 0 aromatic rings. The van der Waals surface area contributed by atoms with Crippen LogP contribution in [-0.2, 0) is 14.3 Å². The quantitative estimate of drug-likeness (QED) is 0.121. The van der Waals surface area contributed by atoms with E-state index in [1.807, 2.05) is 0 Å². The molecule has 0 radical (unpaired) electrons. The zero-order valence-electron chi connectivity index (χ0n) is 25.2. The maximum absolute atomic E-state index is 12.7. The molecule has 0 heterocycles. The van der Waals surface area contributed by atoms with Crippen molar-refractivity contribution in [3.63, 3.8) is 0 Å². The molecule has 0 aromatic carbocycles. The van der Waals surface area contributed by atoms with E-state index in [0.717, 1.165) is 57.8 Å². The molecular formula is C35H58O3. The number of carbonyl (C=O) groups excluding carboxylic acids is 2. The molecular weight excluding hydrogens is 468 g/mol. The van der Waals surface area contributed by atoms with Crippen molar-refractivity contribution in [2.24, 2.45) is 28.6 Å². The second kappa shape index (κ2) is 14.0. The van der Waals surface area contributed by atoms with Gasteiger partial charge in [-0.2, -0.15) is 0 Å². The molecule has 3 nitrogen and oxygen atoms in total. The molecule has 3 saturated carbocycles. The number of ketones is 1. The molecule has 0 bridgehead atoms. The highest BCUT2D eigenvalue weighted by Gasteiger charge is 2.58. The molecule has 0 N–H and O–H groups in total. The summed E-state index contributed by atoms with van der Waals surface area (Å²) in [5.74, 6) is 2.51. The summed E-state index contributed by atoms with van der Waals surface area (Å²) in [5.41, 5.74) is 1.74. The average molecular weight is 527 g/mol. The highest BCUT2D eigenvalue weighted by molar-refractivity contribution is 5.87. The molecule has 0 unspecified atom stereocenters. The Hall–Kier alpha value is -1.12. The van der Waals surface area contributed by atoms with Crippen molar-refractivity contribution in [3.8, 4) is 0 Å². The van der Waals surface area contributed by atoms with Crippen molar-refractivity contribution >= 4 is 11.8 Å². The average Bonchev–Trinajstić information content (AvgIpc) is 3.21. The van der Waals surface area contributed by atoms with Crippen LogP contribution in [0.5, 0.6) is 0 Å². The summed E-state index contributed by atoms with van der Waals surface area (Å²) in [5, 5.41) is 0. The van der Waals surface area contributed by atoms with Gasteiger partial charge in [0.05, 0.1) is 0 Å². The Morgan fingerprint density at radius 2 is 1.39 bits per heavy atom. The molecule has 4 aliphatic rings. The number of allylic oxidation sites excluding steroid dienone is 1. The topological polar surface area (TPSA) is 43.4 Å². The first-order chi connectivity index (χ1) is 18.4. The second-order valence-electron chi connectivity index (χ2n) is 14.0. The standard InChI is InChI=1S/C35H58O3/c1-4-5-6-7-8-9-10-11-12-13-14-15-16-17-33(37)38-28-22-24-34(2)27(26-28)18-19-29-30-20-21-32(36)35(30,3)25-23-31(29)34/h18,28-31H,4-17,19-26H2,1-3H3/t28-,29-,30-,31-,34-,35-/m0/s1. The SMILES string of the molecule is CCCCCCCCCCCCCCCC(=O)O[C@H]1CC[C@@]2(C)C(=CC[C@@H]3[C@@H]2CC[C@]2(C)C(=O)CC[C@@H]32)C1. The summed E-state index contributed by atoms with van der Waals surface area (Å²) in [4.78, 5) is 25.3. The summed E-state index contributed by atoms with van der Waals surface area (Å²) in [7, 11) is 0. The largest absolute Gasteiger partial charge is 0.462 e. The lowest BCUT2D eigenvalue weighted by Crippen LogP contribution is -2.50. The molecule has 0 spiro atoms. The number of esters is 1. The summed E-state index contributed by atoms with van der Waals surface area (Å²) >= 11 is 0. The first-order valence-electron chi connectivity index (χ1n) is 16.8. The van der Waals surface area contributed by atoms with Crippen LogP contribution in [0, 0.1) is 28.6 Å². The van der Waals surface area contributed by atoms with E-state index in [4.69, 9.17) is 4.74 Å². The summed E-state index contributed by atoms with van der Waals surface area (Å²) < 4.78 is 6.00. The number of carbonyl (C=O) groups is 2. The fourth-order valence-electron chi connectivity index (χ4n) is 9.03. The van der Waals surface area contributed by atoms with Gasteiger partial charge in [0.2, 0.25) is 0 Å². The molecule has 0 aliphatic heterocycles. The van der Waals surface area contributed by atoms with Gasteiger partial charge in [-0.05, 0) is 68.1 Å². The number of Topliss-reactive ketones (excluding diaryl/α,β-unsaturated/α-hetero) is 1. The Labute approximate surface area is 234 Å². The first-order valence-corrected chi connectivity index (χ1v) is 16.8. The minimum atomic E-state index is -0.0524. The highest BCUT2D eigenvalue weighted by atomic mass is 16.5. The van der Waals surface area contributed by atoms with Crippen LogP contribution in [-0.4, -0.2) is 17.9 Å². The van der Waals surface area contributed by atoms with Gasteiger partial charge < -0.3 is 4.74 Å². The lowest BCUT2D eigenvalue weighted by Gasteiger charge is -2.56. The maximum atomic E-state index is 12.7. The van der Waals surface area contributed by atoms with Gasteiger partial charge in [0, 0.05) is 24.7 Å². The van der Waals surface area contributed by atoms with Crippen LogP contribution in [0.4, 0.5) is 0 Å². The number of hydrogen-bond acceptors (Lipinski definition) is 3. The molecule has 0 aromatic heterocycles. The van der Waals surface area contributed by atoms with Crippen LogP contribution in [0.3, 0.4) is 0 Å². The van der Waals surface area contributed by atoms with E-state index in [2.05, 4.69) is 26.8 Å². The summed E-state index contributed by atoms with van der Waals surface area (Å²) in [6, 6.07) is 0. The molecule has 0 amide bonds. The van der Waals surface area contributed by atoms with E-state index in [1.165, 1.54) is 77.0 Å². The minimum Gasteiger partial charge on any atom is -0.462 e. The lowest BCUT2D eigenvalue weighted by molar-refractivity contribution is -0.151. The van der Waals surface area contributed by atoms with E-state index in [0.29, 0.717) is 30.0 Å². The molecule has 6 atom stereocenters. The molecule has 4 aliphatic carbocycles. The van der Waals surface area contributed by atoms with Crippen LogP contribution in [0.25, 0.3) is 0 Å². The fourth-order valence-corrected chi connectivity index (χ4v) is 9.03. The van der Waals surface area contributed by atoms with Crippen molar-refractivity contribution in [3.05, 3.63) is 11.6 Å². The van der Waals surface area contributed by atoms with E-state index < -0.39 is 0 Å². The summed E-state index contributed by atoms with van der Waals surface area (Å²) in [6.07, 6.45) is 28.8. The number of ether oxygens (including phenoxy) is 1. The molecule has 3 heteroatoms. The smallest absolute Gasteiger partial charge is 0.306 e. The zero-order valence-corrected chi connectivity index (χ0v) is 25.2. The van der Waals surface area contributed by atoms with E-state index in [9.17, 15) is 9.59 Å². The fraction of sp³-hybridized carbons (Fsp3) is 0.886. The van der Waals surface area contributed by atoms with Gasteiger partial charge in [0.25, 0.3) is 0 Å². The van der Waals surface area contributed by atoms with Crippen LogP contribution < -0.4 is 0 Å². The van der Waals surface area contributed by atoms with Gasteiger partial charge in [-0.15, -0.1) is 0 Å². The van der Waals surface area contributed by atoms with Gasteiger partial charge in [0.15, 0.2) is 0 Å². The van der Waals surface area contributed by atoms with E-state index >= 15 is 0 Å². The molecule has 3 fully saturated rings. The van der Waals surface area contributed by atoms with Crippen molar-refractivity contribution in [2.45, 2.75) is 168 Å². The first kappa shape index (κ1) is 29.9. The maximum Gasteiger partial charge on any atom is 0.306 e. The van der Waals surface area contributed by atoms with E-state index in [1.54, 1.807) is 5.57 Å². The van der Waals surface area contributed by atoms with Gasteiger partial charge in [-0.25, -0.2) is 0 Å². The van der Waals surface area contributed by atoms with Crippen molar-refractivity contribution in [2.75, 3.05) is 0 Å². The Morgan fingerprint density at radius 3 is 2.05 bits per heavy atom. The Kier molecular flexibility index (Phi) is 11.0. The second-order valence-corrected chi connectivity index (χ2v) is 14.0. The third-order valence-electron chi connectivity index (χ3n) is 11.6. The zero-order chi connectivity index (χ0) is 27.0. The highest BCUT2D eigenvalue weighted by Crippen LogP contribution is 2.64. The Morgan fingerprint density at radius 1 is 0.816 bits per heavy atom. The number of hydrogen-bond donors (Lipinski definition) is 0. The summed E-state index contributed by atoms with van der Waals surface area (Å²) in [6.45, 7) is 7.03. The van der Waals surface area contributed by atoms with Crippen molar-refractivity contribution in [1.82, 2.24) is 0 Å². The molecule has 0 saturated heterocycles. The van der Waals surface area contributed by atoms with Crippen molar-refractivity contribution in [1.29, 1.82) is 0 Å². The normalized spacial score (nSPS) is 34.3. The Balaban J connectivity index is 1.09. The van der Waals surface area contributed by atoms with Crippen LogP contribution in [0.15, 0.2) is 11.6 Å². The minimum absolute atomic E-state index is 0.0221. The van der Waals surface area contributed by atoms with Crippen LogP contribution in [0.1, 0.15) is 162 Å². The predicted molar refractivity (Wildman–Crippen MR) is 157 cm³/mol. The molecule has 216 valence electrons. The van der Waals surface area contributed by atoms with Gasteiger partial charge in [-0.3, -0.25) is 9.59 Å². The number of fused-ring (bicyclic) bond motifs is 5. The predicted octanol–water partition coefficient (Wildman–Crippen LogP) is 9.91. The van der Waals surface area contributed by atoms with Gasteiger partial charge in [0.1, 0.15) is 11.9 Å². The third-order valence-corrected chi connectivity index (χ3v) is 11.6. The third kappa shape index (κ3) is 6.95. The van der Waals surface area contributed by atoms with Crippen LogP contribution in [0.2, 0.25) is 0 Å². The monoisotopic (exact) mass is 526 g/mol. The number of unbranched alkanes of at least 4 members (excludes halogenated alkanes) is 12. The number of rotatable bonds is 15. The molecule has 38 heavy (non-hydrogen) atoms. The van der Waals surface area contributed by atoms with Gasteiger partial charge >= 0.3 is 5.97 Å². The van der Waals surface area contributed by atoms with E-state index in [-0.39, 0.29) is 22.9 Å².